The summed E-state index contributed by atoms with van der Waals surface area (Å²) < 4.78 is 43.1. The lowest BCUT2D eigenvalue weighted by molar-refractivity contribution is 0.246. The van der Waals surface area contributed by atoms with Gasteiger partial charge in [0.2, 0.25) is 0 Å². The predicted molar refractivity (Wildman–Crippen MR) is 138 cm³/mol. The first-order valence-corrected chi connectivity index (χ1v) is 13.2. The molecule has 0 aliphatic heterocycles. The van der Waals surface area contributed by atoms with E-state index in [1.807, 2.05) is 47.2 Å². The first-order valence-electron chi connectivity index (χ1n) is 11.7. The lowest BCUT2D eigenvalue weighted by Crippen LogP contribution is -2.40. The van der Waals surface area contributed by atoms with E-state index in [0.29, 0.717) is 29.6 Å². The fraction of sp³-hybridized carbons (Fsp3) is 0.259. The summed E-state index contributed by atoms with van der Waals surface area (Å²) in [4.78, 5) is 16.8. The number of nitrogens with zero attached hydrogens (tertiary/aromatic N) is 2. The van der Waals surface area contributed by atoms with Crippen molar-refractivity contribution in [1.29, 1.82) is 0 Å². The number of carbonyl (C=O) groups is 1. The van der Waals surface area contributed by atoms with Gasteiger partial charge >= 0.3 is 6.03 Å². The van der Waals surface area contributed by atoms with Crippen LogP contribution in [0.3, 0.4) is 0 Å². The largest absolute Gasteiger partial charge is 0.337 e. The Morgan fingerprint density at radius 1 is 1.03 bits per heavy atom. The number of sulfonamides is 1. The third kappa shape index (κ3) is 5.11. The second kappa shape index (κ2) is 10.1. The molecule has 2 aromatic carbocycles. The van der Waals surface area contributed by atoms with Gasteiger partial charge in [-0.05, 0) is 51.3 Å². The third-order valence-corrected chi connectivity index (χ3v) is 7.48. The SMILES string of the molecule is CCc1nc2c(C)c(F)c(C)cn2c1-c1ccc(CCNC(=O)NS(=O)(=O)c2ccc(C)cc2)cc1. The Labute approximate surface area is 210 Å². The summed E-state index contributed by atoms with van der Waals surface area (Å²) in [6, 6.07) is 13.4. The Hall–Kier alpha value is -3.72. The van der Waals surface area contributed by atoms with E-state index in [9.17, 15) is 17.6 Å². The van der Waals surface area contributed by atoms with E-state index in [-0.39, 0.29) is 17.3 Å². The van der Waals surface area contributed by atoms with Crippen LogP contribution in [0.1, 0.15) is 34.9 Å². The van der Waals surface area contributed by atoms with Crippen molar-refractivity contribution in [3.05, 3.63) is 88.5 Å². The van der Waals surface area contributed by atoms with Crippen molar-refractivity contribution in [3.8, 4) is 11.3 Å². The van der Waals surface area contributed by atoms with Crippen LogP contribution in [-0.4, -0.2) is 30.4 Å². The minimum absolute atomic E-state index is 0.0332. The molecular formula is C27H29FN4O3S. The van der Waals surface area contributed by atoms with Crippen molar-refractivity contribution in [3.63, 3.8) is 0 Å². The Bertz CT molecular complexity index is 1530. The van der Waals surface area contributed by atoms with Crippen LogP contribution in [0.5, 0.6) is 0 Å². The normalized spacial score (nSPS) is 11.6. The van der Waals surface area contributed by atoms with Gasteiger partial charge in [0.05, 0.1) is 16.3 Å². The number of aryl methyl sites for hydroxylation is 4. The quantitative estimate of drug-likeness (QED) is 0.373. The van der Waals surface area contributed by atoms with E-state index in [2.05, 4.69) is 10.3 Å². The Kier molecular flexibility index (Phi) is 7.12. The van der Waals surface area contributed by atoms with Crippen LogP contribution in [0.15, 0.2) is 59.6 Å². The second-order valence-electron chi connectivity index (χ2n) is 8.83. The van der Waals surface area contributed by atoms with E-state index in [1.165, 1.54) is 12.1 Å². The number of pyridine rings is 1. The number of nitrogens with one attached hydrogen (secondary N) is 2. The second-order valence-corrected chi connectivity index (χ2v) is 10.5. The Morgan fingerprint density at radius 2 is 1.69 bits per heavy atom. The van der Waals surface area contributed by atoms with Crippen LogP contribution < -0.4 is 10.0 Å². The van der Waals surface area contributed by atoms with Crippen molar-refractivity contribution in [2.24, 2.45) is 0 Å². The summed E-state index contributed by atoms with van der Waals surface area (Å²) in [6.45, 7) is 7.63. The lowest BCUT2D eigenvalue weighted by atomic mass is 10.0. The zero-order chi connectivity index (χ0) is 26.0. The molecule has 2 heterocycles. The molecule has 0 saturated carbocycles. The molecule has 0 radical (unpaired) electrons. The van der Waals surface area contributed by atoms with Gasteiger partial charge in [-0.1, -0.05) is 48.9 Å². The summed E-state index contributed by atoms with van der Waals surface area (Å²) in [5, 5.41) is 2.59. The number of urea groups is 1. The fourth-order valence-corrected chi connectivity index (χ4v) is 5.08. The molecule has 0 spiro atoms. The lowest BCUT2D eigenvalue weighted by Gasteiger charge is -2.10. The minimum Gasteiger partial charge on any atom is -0.337 e. The molecule has 0 fully saturated rings. The van der Waals surface area contributed by atoms with Crippen LogP contribution in [0.2, 0.25) is 0 Å². The number of fused-ring (bicyclic) bond motifs is 1. The number of hydrogen-bond acceptors (Lipinski definition) is 4. The molecule has 2 N–H and O–H groups in total. The van der Waals surface area contributed by atoms with Crippen molar-refractivity contribution >= 4 is 21.7 Å². The molecule has 4 aromatic rings. The standard InChI is InChI=1S/C27H29FN4O3S/c1-5-23-25(32-16-18(3)24(28)19(4)26(32)30-23)21-10-8-20(9-11-21)14-15-29-27(33)31-36(34,35)22-12-6-17(2)7-13-22/h6-13,16H,5,14-15H2,1-4H3,(H2,29,31,33). The fourth-order valence-electron chi connectivity index (χ4n) is 4.15. The number of hydrogen-bond donors (Lipinski definition) is 2. The predicted octanol–water partition coefficient (Wildman–Crippen LogP) is 4.86. The van der Waals surface area contributed by atoms with Gasteiger partial charge in [-0.15, -0.1) is 0 Å². The van der Waals surface area contributed by atoms with E-state index < -0.39 is 16.1 Å². The van der Waals surface area contributed by atoms with E-state index in [4.69, 9.17) is 0 Å². The van der Waals surface area contributed by atoms with Gasteiger partial charge < -0.3 is 5.32 Å². The number of aromatic nitrogens is 2. The highest BCUT2D eigenvalue weighted by atomic mass is 32.2. The van der Waals surface area contributed by atoms with E-state index >= 15 is 0 Å². The van der Waals surface area contributed by atoms with Gasteiger partial charge in [-0.25, -0.2) is 27.3 Å². The molecule has 7 nitrogen and oxygen atoms in total. The molecule has 0 aliphatic rings. The topological polar surface area (TPSA) is 92.6 Å². The minimum atomic E-state index is -3.93. The maximum atomic E-state index is 14.4. The number of halogens is 1. The van der Waals surface area contributed by atoms with Gasteiger partial charge in [0, 0.05) is 29.4 Å². The Balaban J connectivity index is 1.43. The van der Waals surface area contributed by atoms with Gasteiger partial charge in [-0.2, -0.15) is 0 Å². The highest BCUT2D eigenvalue weighted by molar-refractivity contribution is 7.90. The molecule has 188 valence electrons. The molecule has 36 heavy (non-hydrogen) atoms. The number of benzene rings is 2. The number of imidazole rings is 1. The van der Waals surface area contributed by atoms with Crippen LogP contribution in [0, 0.1) is 26.6 Å². The highest BCUT2D eigenvalue weighted by Gasteiger charge is 2.18. The molecule has 0 saturated heterocycles. The van der Waals surface area contributed by atoms with E-state index in [1.54, 1.807) is 32.2 Å². The summed E-state index contributed by atoms with van der Waals surface area (Å²) in [7, 11) is -3.93. The zero-order valence-electron chi connectivity index (χ0n) is 20.7. The molecule has 2 amide bonds. The van der Waals surface area contributed by atoms with Gasteiger partial charge in [0.25, 0.3) is 10.0 Å². The number of rotatable bonds is 7. The molecule has 2 aromatic heterocycles. The number of amides is 2. The van der Waals surface area contributed by atoms with Crippen LogP contribution >= 0.6 is 0 Å². The third-order valence-electron chi connectivity index (χ3n) is 6.14. The van der Waals surface area contributed by atoms with Gasteiger partial charge in [0.15, 0.2) is 0 Å². The first-order chi connectivity index (χ1) is 17.1. The first kappa shape index (κ1) is 25.4. The maximum absolute atomic E-state index is 14.4. The zero-order valence-corrected chi connectivity index (χ0v) is 21.5. The van der Waals surface area contributed by atoms with E-state index in [0.717, 1.165) is 28.1 Å². The van der Waals surface area contributed by atoms with Crippen LogP contribution in [-0.2, 0) is 22.9 Å². The van der Waals surface area contributed by atoms with Gasteiger partial charge in [0.1, 0.15) is 11.5 Å². The average Bonchev–Trinajstić information content (AvgIpc) is 3.21. The van der Waals surface area contributed by atoms with Crippen LogP contribution in [0.25, 0.3) is 16.9 Å². The maximum Gasteiger partial charge on any atom is 0.328 e. The number of carbonyl (C=O) groups excluding carboxylic acids is 1. The van der Waals surface area contributed by atoms with Crippen molar-refractivity contribution in [1.82, 2.24) is 19.4 Å². The molecule has 0 aliphatic carbocycles. The molecule has 9 heteroatoms. The molecule has 0 atom stereocenters. The van der Waals surface area contributed by atoms with Gasteiger partial charge in [-0.3, -0.25) is 4.40 Å². The summed E-state index contributed by atoms with van der Waals surface area (Å²) in [6.07, 6.45) is 3.01. The monoisotopic (exact) mass is 508 g/mol. The Morgan fingerprint density at radius 3 is 2.33 bits per heavy atom. The van der Waals surface area contributed by atoms with Crippen molar-refractivity contribution in [2.45, 2.75) is 45.4 Å². The summed E-state index contributed by atoms with van der Waals surface area (Å²) >= 11 is 0. The average molecular weight is 509 g/mol. The molecule has 4 rings (SSSR count). The van der Waals surface area contributed by atoms with Crippen molar-refractivity contribution in [2.75, 3.05) is 6.54 Å². The summed E-state index contributed by atoms with van der Waals surface area (Å²) in [5.74, 6) is -0.236. The molecule has 0 unspecified atom stereocenters. The highest BCUT2D eigenvalue weighted by Crippen LogP contribution is 2.29. The molecular weight excluding hydrogens is 479 g/mol. The smallest absolute Gasteiger partial charge is 0.328 e. The van der Waals surface area contributed by atoms with Crippen molar-refractivity contribution < 1.29 is 17.6 Å². The molecule has 0 bridgehead atoms. The van der Waals surface area contributed by atoms with Crippen LogP contribution in [0.4, 0.5) is 9.18 Å². The summed E-state index contributed by atoms with van der Waals surface area (Å²) in [5.41, 5.74) is 6.40.